The van der Waals surface area contributed by atoms with Gasteiger partial charge in [0.15, 0.2) is 0 Å². The van der Waals surface area contributed by atoms with E-state index in [0.717, 1.165) is 35.9 Å². The van der Waals surface area contributed by atoms with Crippen LogP contribution < -0.4 is 5.32 Å². The SMILES string of the molecule is CCNC1CCCc2nc(Cc3csc(C)n3)ncc21. The molecule has 5 heteroatoms. The first-order chi connectivity index (χ1) is 9.76. The van der Waals surface area contributed by atoms with Gasteiger partial charge < -0.3 is 5.32 Å². The third kappa shape index (κ3) is 2.88. The second kappa shape index (κ2) is 5.97. The van der Waals surface area contributed by atoms with Crippen molar-refractivity contribution >= 4 is 11.3 Å². The number of thiazole rings is 1. The highest BCUT2D eigenvalue weighted by Crippen LogP contribution is 2.28. The molecule has 106 valence electrons. The Labute approximate surface area is 123 Å². The Bertz CT molecular complexity index is 593. The molecule has 1 unspecified atom stereocenters. The zero-order chi connectivity index (χ0) is 13.9. The molecule has 1 atom stereocenters. The largest absolute Gasteiger partial charge is 0.310 e. The molecule has 2 heterocycles. The Hall–Kier alpha value is -1.33. The average Bonchev–Trinajstić information content (AvgIpc) is 2.84. The van der Waals surface area contributed by atoms with Crippen molar-refractivity contribution in [2.45, 2.75) is 45.6 Å². The number of fused-ring (bicyclic) bond motifs is 1. The lowest BCUT2D eigenvalue weighted by molar-refractivity contribution is 0.463. The highest BCUT2D eigenvalue weighted by atomic mass is 32.1. The van der Waals surface area contributed by atoms with Crippen LogP contribution in [-0.2, 0) is 12.8 Å². The molecule has 4 nitrogen and oxygen atoms in total. The number of hydrogen-bond acceptors (Lipinski definition) is 5. The fourth-order valence-corrected chi connectivity index (χ4v) is 3.40. The third-order valence-electron chi connectivity index (χ3n) is 3.69. The van der Waals surface area contributed by atoms with E-state index in [1.807, 2.05) is 13.1 Å². The molecule has 2 aromatic heterocycles. The fourth-order valence-electron chi connectivity index (χ4n) is 2.78. The van der Waals surface area contributed by atoms with Crippen molar-refractivity contribution in [1.29, 1.82) is 0 Å². The van der Waals surface area contributed by atoms with Gasteiger partial charge in [0.1, 0.15) is 5.82 Å². The van der Waals surface area contributed by atoms with Crippen LogP contribution >= 0.6 is 11.3 Å². The van der Waals surface area contributed by atoms with E-state index in [9.17, 15) is 0 Å². The number of aryl methyl sites for hydroxylation is 2. The van der Waals surface area contributed by atoms with Gasteiger partial charge in [-0.15, -0.1) is 11.3 Å². The highest BCUT2D eigenvalue weighted by Gasteiger charge is 2.21. The van der Waals surface area contributed by atoms with Crippen molar-refractivity contribution < 1.29 is 0 Å². The molecule has 0 saturated heterocycles. The molecule has 3 rings (SSSR count). The molecule has 1 N–H and O–H groups in total. The van der Waals surface area contributed by atoms with Crippen LogP contribution in [0.2, 0.25) is 0 Å². The standard InChI is InChI=1S/C15H20N4S/c1-3-16-13-5-4-6-14-12(13)8-17-15(19-14)7-11-9-20-10(2)18-11/h8-9,13,16H,3-7H2,1-2H3. The maximum absolute atomic E-state index is 4.76. The number of nitrogens with zero attached hydrogens (tertiary/aromatic N) is 3. The van der Waals surface area contributed by atoms with E-state index in [4.69, 9.17) is 4.98 Å². The molecular formula is C15H20N4S. The lowest BCUT2D eigenvalue weighted by Gasteiger charge is -2.25. The number of aromatic nitrogens is 3. The monoisotopic (exact) mass is 288 g/mol. The summed E-state index contributed by atoms with van der Waals surface area (Å²) in [5.41, 5.74) is 3.59. The van der Waals surface area contributed by atoms with E-state index >= 15 is 0 Å². The minimum Gasteiger partial charge on any atom is -0.310 e. The van der Waals surface area contributed by atoms with Gasteiger partial charge in [-0.3, -0.25) is 0 Å². The van der Waals surface area contributed by atoms with Gasteiger partial charge >= 0.3 is 0 Å². The van der Waals surface area contributed by atoms with E-state index in [0.29, 0.717) is 6.04 Å². The van der Waals surface area contributed by atoms with Gasteiger partial charge in [0, 0.05) is 28.9 Å². The quantitative estimate of drug-likeness (QED) is 0.940. The van der Waals surface area contributed by atoms with Crippen LogP contribution in [0.5, 0.6) is 0 Å². The second-order valence-corrected chi connectivity index (χ2v) is 6.29. The van der Waals surface area contributed by atoms with Gasteiger partial charge in [0.2, 0.25) is 0 Å². The van der Waals surface area contributed by atoms with Crippen LogP contribution in [0.3, 0.4) is 0 Å². The van der Waals surface area contributed by atoms with Crippen LogP contribution in [0.4, 0.5) is 0 Å². The molecule has 0 aliphatic heterocycles. The first-order valence-corrected chi connectivity index (χ1v) is 8.13. The zero-order valence-corrected chi connectivity index (χ0v) is 12.8. The van der Waals surface area contributed by atoms with E-state index in [2.05, 4.69) is 27.6 Å². The summed E-state index contributed by atoms with van der Waals surface area (Å²) < 4.78 is 0. The summed E-state index contributed by atoms with van der Waals surface area (Å²) >= 11 is 1.68. The summed E-state index contributed by atoms with van der Waals surface area (Å²) in [6.45, 7) is 5.17. The van der Waals surface area contributed by atoms with Crippen LogP contribution in [0, 0.1) is 6.92 Å². The van der Waals surface area contributed by atoms with Gasteiger partial charge in [-0.2, -0.15) is 0 Å². The predicted molar refractivity (Wildman–Crippen MR) is 81.0 cm³/mol. The van der Waals surface area contributed by atoms with Crippen molar-refractivity contribution in [3.63, 3.8) is 0 Å². The summed E-state index contributed by atoms with van der Waals surface area (Å²) in [6, 6.07) is 0.430. The summed E-state index contributed by atoms with van der Waals surface area (Å²) in [7, 11) is 0. The van der Waals surface area contributed by atoms with Gasteiger partial charge in [-0.25, -0.2) is 15.0 Å². The van der Waals surface area contributed by atoms with Gasteiger partial charge in [0.05, 0.1) is 17.1 Å². The minimum absolute atomic E-state index is 0.430. The molecule has 0 spiro atoms. The van der Waals surface area contributed by atoms with E-state index in [-0.39, 0.29) is 0 Å². The molecule has 0 aromatic carbocycles. The normalized spacial score (nSPS) is 18.0. The molecule has 1 aliphatic rings. The fraction of sp³-hybridized carbons (Fsp3) is 0.533. The van der Waals surface area contributed by atoms with Gasteiger partial charge in [-0.1, -0.05) is 6.92 Å². The second-order valence-electron chi connectivity index (χ2n) is 5.23. The number of nitrogens with one attached hydrogen (secondary N) is 1. The molecule has 0 bridgehead atoms. The topological polar surface area (TPSA) is 50.7 Å². The molecule has 0 saturated carbocycles. The average molecular weight is 288 g/mol. The van der Waals surface area contributed by atoms with E-state index < -0.39 is 0 Å². The Morgan fingerprint density at radius 1 is 1.40 bits per heavy atom. The summed E-state index contributed by atoms with van der Waals surface area (Å²) in [5.74, 6) is 0.895. The van der Waals surface area contributed by atoms with Crippen molar-refractivity contribution in [2.75, 3.05) is 6.54 Å². The Morgan fingerprint density at radius 2 is 2.30 bits per heavy atom. The molecule has 1 aliphatic carbocycles. The maximum Gasteiger partial charge on any atom is 0.134 e. The summed E-state index contributed by atoms with van der Waals surface area (Å²) in [4.78, 5) is 13.8. The number of hydrogen-bond donors (Lipinski definition) is 1. The minimum atomic E-state index is 0.430. The van der Waals surface area contributed by atoms with Crippen molar-refractivity contribution in [3.05, 3.63) is 39.4 Å². The van der Waals surface area contributed by atoms with Crippen molar-refractivity contribution in [3.8, 4) is 0 Å². The third-order valence-corrected chi connectivity index (χ3v) is 4.51. The smallest absolute Gasteiger partial charge is 0.134 e. The summed E-state index contributed by atoms with van der Waals surface area (Å²) in [5, 5.41) is 6.72. The van der Waals surface area contributed by atoms with Crippen LogP contribution in [0.1, 0.15) is 53.6 Å². The summed E-state index contributed by atoms with van der Waals surface area (Å²) in [6.07, 6.45) is 6.22. The van der Waals surface area contributed by atoms with E-state index in [1.165, 1.54) is 24.1 Å². The predicted octanol–water partition coefficient (Wildman–Crippen LogP) is 2.82. The molecule has 0 amide bonds. The van der Waals surface area contributed by atoms with Crippen molar-refractivity contribution in [2.24, 2.45) is 0 Å². The van der Waals surface area contributed by atoms with E-state index in [1.54, 1.807) is 11.3 Å². The Balaban J connectivity index is 1.81. The highest BCUT2D eigenvalue weighted by molar-refractivity contribution is 7.09. The van der Waals surface area contributed by atoms with Crippen LogP contribution in [0.15, 0.2) is 11.6 Å². The molecule has 20 heavy (non-hydrogen) atoms. The Kier molecular flexibility index (Phi) is 4.08. The molecule has 0 fully saturated rings. The molecule has 0 radical (unpaired) electrons. The van der Waals surface area contributed by atoms with Crippen molar-refractivity contribution in [1.82, 2.24) is 20.3 Å². The number of rotatable bonds is 4. The van der Waals surface area contributed by atoms with Crippen LogP contribution in [-0.4, -0.2) is 21.5 Å². The maximum atomic E-state index is 4.76. The van der Waals surface area contributed by atoms with Gasteiger partial charge in [0.25, 0.3) is 0 Å². The first kappa shape index (κ1) is 13.6. The zero-order valence-electron chi connectivity index (χ0n) is 12.0. The lowest BCUT2D eigenvalue weighted by Crippen LogP contribution is -2.26. The lowest BCUT2D eigenvalue weighted by atomic mass is 9.92. The first-order valence-electron chi connectivity index (χ1n) is 7.25. The van der Waals surface area contributed by atoms with Gasteiger partial charge in [-0.05, 0) is 32.7 Å². The van der Waals surface area contributed by atoms with Crippen LogP contribution in [0.25, 0.3) is 0 Å². The molecular weight excluding hydrogens is 268 g/mol. The molecule has 2 aromatic rings. The Morgan fingerprint density at radius 3 is 3.05 bits per heavy atom.